The molecule has 0 spiro atoms. The number of aryl methyl sites for hydroxylation is 1. The van der Waals surface area contributed by atoms with Crippen LogP contribution in [0.15, 0.2) is 60.8 Å². The van der Waals surface area contributed by atoms with Crippen molar-refractivity contribution in [1.29, 1.82) is 5.26 Å². The number of benzene rings is 2. The van der Waals surface area contributed by atoms with Crippen LogP contribution in [0.5, 0.6) is 0 Å². The molecule has 6 heteroatoms. The van der Waals surface area contributed by atoms with Gasteiger partial charge < -0.3 is 9.30 Å². The van der Waals surface area contributed by atoms with Gasteiger partial charge in [0.05, 0.1) is 22.7 Å². The lowest BCUT2D eigenvalue weighted by atomic mass is 10.1. The molecule has 0 N–H and O–H groups in total. The molecule has 4 aromatic rings. The van der Waals surface area contributed by atoms with Crippen LogP contribution >= 0.6 is 11.3 Å². The minimum absolute atomic E-state index is 0.159. The van der Waals surface area contributed by atoms with Crippen LogP contribution in [0.4, 0.5) is 0 Å². The van der Waals surface area contributed by atoms with Crippen LogP contribution < -0.4 is 0 Å². The quantitative estimate of drug-likeness (QED) is 0.348. The molecule has 2 aromatic heterocycles. The number of hydrogen-bond acceptors (Lipinski definition) is 5. The Labute approximate surface area is 166 Å². The Morgan fingerprint density at radius 3 is 2.89 bits per heavy atom. The maximum Gasteiger partial charge on any atom is 0.331 e. The molecule has 0 aliphatic heterocycles. The van der Waals surface area contributed by atoms with Crippen molar-refractivity contribution in [3.05, 3.63) is 71.4 Å². The topological polar surface area (TPSA) is 67.9 Å². The van der Waals surface area contributed by atoms with Crippen molar-refractivity contribution in [3.63, 3.8) is 0 Å². The molecule has 4 rings (SSSR count). The van der Waals surface area contributed by atoms with Gasteiger partial charge in [-0.3, -0.25) is 0 Å². The zero-order valence-corrected chi connectivity index (χ0v) is 15.9. The number of ether oxygens (including phenoxy) is 1. The summed E-state index contributed by atoms with van der Waals surface area (Å²) in [6.45, 7) is 0.777. The highest BCUT2D eigenvalue weighted by atomic mass is 32.1. The number of nitrogens with zero attached hydrogens (tertiary/aromatic N) is 3. The highest BCUT2D eigenvalue weighted by Gasteiger charge is 2.08. The van der Waals surface area contributed by atoms with E-state index in [1.807, 2.05) is 59.3 Å². The predicted octanol–water partition coefficient (Wildman–Crippen LogP) is 4.92. The van der Waals surface area contributed by atoms with E-state index in [1.54, 1.807) is 6.08 Å². The monoisotopic (exact) mass is 387 g/mol. The summed E-state index contributed by atoms with van der Waals surface area (Å²) in [7, 11) is 0. The molecule has 0 bridgehead atoms. The molecule has 0 radical (unpaired) electrons. The maximum absolute atomic E-state index is 12.1. The number of para-hydroxylation sites is 2. The lowest BCUT2D eigenvalue weighted by Crippen LogP contribution is -2.00. The minimum Gasteiger partial charge on any atom is -0.455 e. The van der Waals surface area contributed by atoms with Crippen LogP contribution in [0.3, 0.4) is 0 Å². The molecule has 28 heavy (non-hydrogen) atoms. The molecule has 2 heterocycles. The zero-order chi connectivity index (χ0) is 19.3. The summed E-state index contributed by atoms with van der Waals surface area (Å²) in [6, 6.07) is 17.9. The molecule has 0 fully saturated rings. The first-order valence-corrected chi connectivity index (χ1v) is 9.70. The van der Waals surface area contributed by atoms with Gasteiger partial charge in [-0.1, -0.05) is 30.3 Å². The molecule has 0 atom stereocenters. The van der Waals surface area contributed by atoms with Gasteiger partial charge in [-0.25, -0.2) is 9.78 Å². The third-order valence-corrected chi connectivity index (χ3v) is 5.37. The summed E-state index contributed by atoms with van der Waals surface area (Å²) in [6.07, 6.45) is 5.58. The number of rotatable bonds is 6. The van der Waals surface area contributed by atoms with E-state index in [-0.39, 0.29) is 6.61 Å². The van der Waals surface area contributed by atoms with Crippen molar-refractivity contribution < 1.29 is 9.53 Å². The van der Waals surface area contributed by atoms with Gasteiger partial charge in [0.2, 0.25) is 0 Å². The van der Waals surface area contributed by atoms with Crippen molar-refractivity contribution in [1.82, 2.24) is 9.55 Å². The normalized spacial score (nSPS) is 11.2. The fourth-order valence-electron chi connectivity index (χ4n) is 3.08. The van der Waals surface area contributed by atoms with Crippen molar-refractivity contribution in [2.45, 2.75) is 19.6 Å². The van der Waals surface area contributed by atoms with Crippen LogP contribution in [-0.4, -0.2) is 15.5 Å². The summed E-state index contributed by atoms with van der Waals surface area (Å²) in [4.78, 5) is 16.6. The Hall–Kier alpha value is -3.43. The SMILES string of the molecule is N#CCCn1cc(/C=C/C(=O)OCc2nc3ccccc3s2)c2ccccc21. The van der Waals surface area contributed by atoms with E-state index in [1.165, 1.54) is 17.4 Å². The van der Waals surface area contributed by atoms with Crippen molar-refractivity contribution >= 4 is 44.5 Å². The maximum atomic E-state index is 12.1. The van der Waals surface area contributed by atoms with Gasteiger partial charge in [0.25, 0.3) is 0 Å². The largest absolute Gasteiger partial charge is 0.455 e. The molecule has 0 saturated heterocycles. The van der Waals surface area contributed by atoms with Crippen molar-refractivity contribution in [3.8, 4) is 6.07 Å². The zero-order valence-electron chi connectivity index (χ0n) is 15.0. The first-order valence-electron chi connectivity index (χ1n) is 8.89. The van der Waals surface area contributed by atoms with E-state index in [2.05, 4.69) is 11.1 Å². The van der Waals surface area contributed by atoms with Crippen LogP contribution in [0, 0.1) is 11.3 Å². The number of hydrogen-bond donors (Lipinski definition) is 0. The van der Waals surface area contributed by atoms with E-state index in [0.717, 1.165) is 31.7 Å². The average molecular weight is 387 g/mol. The number of aromatic nitrogens is 2. The van der Waals surface area contributed by atoms with Crippen LogP contribution in [0.25, 0.3) is 27.2 Å². The number of fused-ring (bicyclic) bond motifs is 2. The van der Waals surface area contributed by atoms with Gasteiger partial charge in [-0.05, 0) is 24.3 Å². The average Bonchev–Trinajstić information content (AvgIpc) is 3.30. The first-order chi connectivity index (χ1) is 13.7. The van der Waals surface area contributed by atoms with E-state index < -0.39 is 5.97 Å². The molecular weight excluding hydrogens is 370 g/mol. The third-order valence-electron chi connectivity index (χ3n) is 4.36. The summed E-state index contributed by atoms with van der Waals surface area (Å²) < 4.78 is 8.45. The molecule has 0 amide bonds. The molecule has 0 saturated carbocycles. The van der Waals surface area contributed by atoms with Crippen molar-refractivity contribution in [2.24, 2.45) is 0 Å². The lowest BCUT2D eigenvalue weighted by Gasteiger charge is -2.00. The first kappa shape index (κ1) is 18.0. The van der Waals surface area contributed by atoms with Crippen molar-refractivity contribution in [2.75, 3.05) is 0 Å². The fraction of sp³-hybridized carbons (Fsp3) is 0.136. The van der Waals surface area contributed by atoms with Gasteiger partial charge in [0.1, 0.15) is 11.6 Å². The number of thiazole rings is 1. The summed E-state index contributed by atoms with van der Waals surface area (Å²) in [5.74, 6) is -0.409. The highest BCUT2D eigenvalue weighted by molar-refractivity contribution is 7.18. The summed E-state index contributed by atoms with van der Waals surface area (Å²) in [5.41, 5.74) is 2.88. The van der Waals surface area contributed by atoms with Gasteiger partial charge in [0.15, 0.2) is 0 Å². The number of nitriles is 1. The van der Waals surface area contributed by atoms with Gasteiger partial charge in [0, 0.05) is 35.3 Å². The smallest absolute Gasteiger partial charge is 0.331 e. The molecule has 0 unspecified atom stereocenters. The third kappa shape index (κ3) is 3.80. The van der Waals surface area contributed by atoms with Crippen LogP contribution in [-0.2, 0) is 22.7 Å². The number of carbonyl (C=O) groups excluding carboxylic acids is 1. The Balaban J connectivity index is 1.46. The number of carbonyl (C=O) groups is 1. The van der Waals surface area contributed by atoms with E-state index in [9.17, 15) is 4.79 Å². The Morgan fingerprint density at radius 2 is 2.04 bits per heavy atom. The summed E-state index contributed by atoms with van der Waals surface area (Å²) >= 11 is 1.52. The second kappa shape index (κ2) is 8.07. The highest BCUT2D eigenvalue weighted by Crippen LogP contribution is 2.24. The van der Waals surface area contributed by atoms with Crippen LogP contribution in [0.1, 0.15) is 17.0 Å². The molecule has 2 aromatic carbocycles. The fourth-order valence-corrected chi connectivity index (χ4v) is 3.96. The van der Waals surface area contributed by atoms with Crippen LogP contribution in [0.2, 0.25) is 0 Å². The second-order valence-electron chi connectivity index (χ2n) is 6.22. The van der Waals surface area contributed by atoms with E-state index in [4.69, 9.17) is 10.00 Å². The Morgan fingerprint density at radius 1 is 1.21 bits per heavy atom. The Kier molecular flexibility index (Phi) is 5.18. The van der Waals surface area contributed by atoms with Gasteiger partial charge >= 0.3 is 5.97 Å². The summed E-state index contributed by atoms with van der Waals surface area (Å²) in [5, 5.41) is 10.7. The molecule has 138 valence electrons. The molecule has 0 aliphatic rings. The molecule has 0 aliphatic carbocycles. The standard InChI is InChI=1S/C22H17N3O2S/c23-12-5-13-25-14-16(17-6-1-3-8-19(17)25)10-11-22(26)27-15-21-24-18-7-2-4-9-20(18)28-21/h1-4,6-11,14H,5,13,15H2/b11-10+. The second-order valence-corrected chi connectivity index (χ2v) is 7.33. The lowest BCUT2D eigenvalue weighted by molar-refractivity contribution is -0.138. The Bertz CT molecular complexity index is 1180. The van der Waals surface area contributed by atoms with E-state index >= 15 is 0 Å². The number of esters is 1. The predicted molar refractivity (Wildman–Crippen MR) is 111 cm³/mol. The molecular formula is C22H17N3O2S. The minimum atomic E-state index is -0.409. The molecule has 5 nitrogen and oxygen atoms in total. The van der Waals surface area contributed by atoms with E-state index in [0.29, 0.717) is 13.0 Å². The van der Waals surface area contributed by atoms with Gasteiger partial charge in [-0.2, -0.15) is 5.26 Å². The van der Waals surface area contributed by atoms with Gasteiger partial charge in [-0.15, -0.1) is 11.3 Å².